The maximum Gasteiger partial charge on any atom is 0.225 e. The van der Waals surface area contributed by atoms with E-state index in [9.17, 15) is 5.11 Å². The van der Waals surface area contributed by atoms with Gasteiger partial charge >= 0.3 is 0 Å². The van der Waals surface area contributed by atoms with E-state index >= 15 is 0 Å². The SMILES string of the molecule is CN1CCN(c2nccc(CN3C[C@H]4CCCN4C[C@@H]3CCO)n2)CC1. The van der Waals surface area contributed by atoms with Gasteiger partial charge in [-0.1, -0.05) is 0 Å². The number of aliphatic hydroxyl groups excluding tert-OH is 1. The van der Waals surface area contributed by atoms with Crippen LogP contribution >= 0.6 is 0 Å². The summed E-state index contributed by atoms with van der Waals surface area (Å²) in [5.74, 6) is 0.869. The first kappa shape index (κ1) is 18.1. The first-order valence-electron chi connectivity index (χ1n) is 10.1. The molecule has 0 aliphatic carbocycles. The van der Waals surface area contributed by atoms with Gasteiger partial charge in [0.2, 0.25) is 5.95 Å². The third-order valence-corrected chi connectivity index (χ3v) is 6.22. The molecule has 7 nitrogen and oxygen atoms in total. The minimum absolute atomic E-state index is 0.260. The highest BCUT2D eigenvalue weighted by atomic mass is 16.3. The minimum Gasteiger partial charge on any atom is -0.396 e. The first-order valence-corrected chi connectivity index (χ1v) is 10.1. The molecule has 0 spiro atoms. The molecule has 0 bridgehead atoms. The van der Waals surface area contributed by atoms with E-state index in [2.05, 4.69) is 37.7 Å². The number of likely N-dealkylation sites (N-methyl/N-ethyl adjacent to an activating group) is 1. The van der Waals surface area contributed by atoms with Crippen molar-refractivity contribution < 1.29 is 5.11 Å². The Morgan fingerprint density at radius 1 is 1.15 bits per heavy atom. The van der Waals surface area contributed by atoms with Gasteiger partial charge in [-0.15, -0.1) is 0 Å². The third kappa shape index (κ3) is 4.01. The summed E-state index contributed by atoms with van der Waals surface area (Å²) in [6.45, 7) is 8.64. The number of fused-ring (bicyclic) bond motifs is 1. The van der Waals surface area contributed by atoms with Crippen LogP contribution in [0.1, 0.15) is 25.0 Å². The summed E-state index contributed by atoms with van der Waals surface area (Å²) in [5.41, 5.74) is 1.10. The molecule has 3 aliphatic heterocycles. The van der Waals surface area contributed by atoms with Gasteiger partial charge in [-0.3, -0.25) is 9.80 Å². The van der Waals surface area contributed by atoms with Crippen LogP contribution in [0.2, 0.25) is 0 Å². The molecule has 3 aliphatic rings. The normalized spacial score (nSPS) is 28.5. The number of aromatic nitrogens is 2. The molecule has 0 amide bonds. The minimum atomic E-state index is 0.260. The third-order valence-electron chi connectivity index (χ3n) is 6.22. The lowest BCUT2D eigenvalue weighted by molar-refractivity contribution is 0.0326. The van der Waals surface area contributed by atoms with Crippen LogP contribution in [0.5, 0.6) is 0 Å². The second kappa shape index (κ2) is 8.17. The molecule has 144 valence electrons. The smallest absolute Gasteiger partial charge is 0.225 e. The van der Waals surface area contributed by atoms with E-state index in [-0.39, 0.29) is 6.61 Å². The molecule has 4 rings (SSSR count). The summed E-state index contributed by atoms with van der Waals surface area (Å²) in [7, 11) is 2.17. The summed E-state index contributed by atoms with van der Waals surface area (Å²) in [6.07, 6.45) is 5.37. The lowest BCUT2D eigenvalue weighted by Gasteiger charge is -2.43. The van der Waals surface area contributed by atoms with E-state index < -0.39 is 0 Å². The van der Waals surface area contributed by atoms with Gasteiger partial charge in [-0.25, -0.2) is 9.97 Å². The number of nitrogens with zero attached hydrogens (tertiary/aromatic N) is 6. The summed E-state index contributed by atoms with van der Waals surface area (Å²) in [4.78, 5) is 19.2. The largest absolute Gasteiger partial charge is 0.396 e. The molecule has 7 heteroatoms. The molecule has 2 atom stereocenters. The number of hydrogen-bond donors (Lipinski definition) is 1. The molecule has 0 saturated carbocycles. The highest BCUT2D eigenvalue weighted by molar-refractivity contribution is 5.31. The van der Waals surface area contributed by atoms with Crippen LogP contribution in [0.3, 0.4) is 0 Å². The molecule has 4 heterocycles. The van der Waals surface area contributed by atoms with Crippen molar-refractivity contribution in [1.29, 1.82) is 0 Å². The second-order valence-electron chi connectivity index (χ2n) is 8.02. The quantitative estimate of drug-likeness (QED) is 0.808. The highest BCUT2D eigenvalue weighted by Gasteiger charge is 2.36. The van der Waals surface area contributed by atoms with Crippen molar-refractivity contribution >= 4 is 5.95 Å². The average molecular weight is 361 g/mol. The van der Waals surface area contributed by atoms with Crippen molar-refractivity contribution in [3.8, 4) is 0 Å². The predicted molar refractivity (Wildman–Crippen MR) is 102 cm³/mol. The summed E-state index contributed by atoms with van der Waals surface area (Å²) in [5, 5.41) is 9.50. The zero-order chi connectivity index (χ0) is 17.9. The fraction of sp³-hybridized carbons (Fsp3) is 0.789. The molecule has 26 heavy (non-hydrogen) atoms. The molecule has 0 unspecified atom stereocenters. The Morgan fingerprint density at radius 3 is 2.81 bits per heavy atom. The van der Waals surface area contributed by atoms with Gasteiger partial charge in [-0.2, -0.15) is 0 Å². The van der Waals surface area contributed by atoms with Crippen LogP contribution in [0.4, 0.5) is 5.95 Å². The number of anilines is 1. The van der Waals surface area contributed by atoms with Crippen LogP contribution in [-0.2, 0) is 6.54 Å². The first-order chi connectivity index (χ1) is 12.7. The molecule has 0 aromatic carbocycles. The topological polar surface area (TPSA) is 59.0 Å². The van der Waals surface area contributed by atoms with E-state index in [1.807, 2.05) is 6.20 Å². The molecule has 1 N–H and O–H groups in total. The molecule has 1 aromatic heterocycles. The lowest BCUT2D eigenvalue weighted by atomic mass is 10.0. The van der Waals surface area contributed by atoms with Gasteiger partial charge in [0.05, 0.1) is 5.69 Å². The Kier molecular flexibility index (Phi) is 5.69. The van der Waals surface area contributed by atoms with Crippen LogP contribution in [0.25, 0.3) is 0 Å². The molecular formula is C19H32N6O. The van der Waals surface area contributed by atoms with Gasteiger partial charge in [0.1, 0.15) is 0 Å². The van der Waals surface area contributed by atoms with Crippen LogP contribution in [0, 0.1) is 0 Å². The van der Waals surface area contributed by atoms with E-state index in [4.69, 9.17) is 4.98 Å². The highest BCUT2D eigenvalue weighted by Crippen LogP contribution is 2.27. The number of hydrogen-bond acceptors (Lipinski definition) is 7. The Balaban J connectivity index is 1.44. The van der Waals surface area contributed by atoms with Crippen LogP contribution in [0.15, 0.2) is 12.3 Å². The second-order valence-corrected chi connectivity index (χ2v) is 8.02. The number of aliphatic hydroxyl groups is 1. The predicted octanol–water partition coefficient (Wildman–Crippen LogP) is 0.259. The zero-order valence-corrected chi connectivity index (χ0v) is 15.9. The van der Waals surface area contributed by atoms with Gasteiger partial charge in [0.25, 0.3) is 0 Å². The zero-order valence-electron chi connectivity index (χ0n) is 15.9. The monoisotopic (exact) mass is 360 g/mol. The molecule has 1 aromatic rings. The van der Waals surface area contributed by atoms with E-state index in [1.165, 1.54) is 19.4 Å². The summed E-state index contributed by atoms with van der Waals surface area (Å²) >= 11 is 0. The Hall–Kier alpha value is -1.28. The van der Waals surface area contributed by atoms with Crippen molar-refractivity contribution in [3.63, 3.8) is 0 Å². The van der Waals surface area contributed by atoms with Crippen LogP contribution in [-0.4, -0.2) is 101 Å². The van der Waals surface area contributed by atoms with Crippen molar-refractivity contribution in [2.45, 2.75) is 37.9 Å². The van der Waals surface area contributed by atoms with Crippen molar-refractivity contribution in [2.24, 2.45) is 0 Å². The van der Waals surface area contributed by atoms with E-state index in [1.54, 1.807) is 0 Å². The molecule has 0 radical (unpaired) electrons. The number of piperazine rings is 2. The van der Waals surface area contributed by atoms with Gasteiger partial charge in [0.15, 0.2) is 0 Å². The summed E-state index contributed by atoms with van der Waals surface area (Å²) < 4.78 is 0. The van der Waals surface area contributed by atoms with Gasteiger partial charge < -0.3 is 14.9 Å². The van der Waals surface area contributed by atoms with Crippen molar-refractivity contribution in [1.82, 2.24) is 24.7 Å². The van der Waals surface area contributed by atoms with Crippen molar-refractivity contribution in [2.75, 3.05) is 64.4 Å². The molecule has 3 saturated heterocycles. The fourth-order valence-corrected chi connectivity index (χ4v) is 4.60. The fourth-order valence-electron chi connectivity index (χ4n) is 4.60. The van der Waals surface area contributed by atoms with E-state index in [0.29, 0.717) is 12.1 Å². The van der Waals surface area contributed by atoms with Crippen LogP contribution < -0.4 is 4.90 Å². The Labute approximate surface area is 156 Å². The maximum atomic E-state index is 9.50. The Morgan fingerprint density at radius 2 is 2.00 bits per heavy atom. The standard InChI is InChI=1S/C19H32N6O/c1-22-8-10-23(11-9-22)19-20-6-4-16(21-19)13-25-15-17-3-2-7-24(17)14-18(25)5-12-26/h4,6,17-18,26H,2-3,5,7-15H2,1H3/t17-,18+/m1/s1. The Bertz CT molecular complexity index is 591. The molecule has 3 fully saturated rings. The maximum absolute atomic E-state index is 9.50. The summed E-state index contributed by atoms with van der Waals surface area (Å²) in [6, 6.07) is 3.16. The van der Waals surface area contributed by atoms with E-state index in [0.717, 1.165) is 63.9 Å². The van der Waals surface area contributed by atoms with Gasteiger partial charge in [-0.05, 0) is 38.9 Å². The lowest BCUT2D eigenvalue weighted by Crippen LogP contribution is -2.55. The van der Waals surface area contributed by atoms with Crippen molar-refractivity contribution in [3.05, 3.63) is 18.0 Å². The number of rotatable bonds is 5. The van der Waals surface area contributed by atoms with Gasteiger partial charge in [0, 0.05) is 70.7 Å². The molecular weight excluding hydrogens is 328 g/mol. The average Bonchev–Trinajstić information content (AvgIpc) is 3.10.